The summed E-state index contributed by atoms with van der Waals surface area (Å²) in [6, 6.07) is 9.88. The van der Waals surface area contributed by atoms with Crippen LogP contribution >= 0.6 is 11.3 Å². The molecule has 0 spiro atoms. The van der Waals surface area contributed by atoms with Crippen molar-refractivity contribution in [3.8, 4) is 11.8 Å². The molecule has 0 atom stereocenters. The van der Waals surface area contributed by atoms with Gasteiger partial charge in [-0.2, -0.15) is 5.26 Å². The number of benzene rings is 1. The summed E-state index contributed by atoms with van der Waals surface area (Å²) in [4.78, 5) is 32.3. The molecule has 4 rings (SSSR count). The van der Waals surface area contributed by atoms with Crippen LogP contribution in [0.5, 0.6) is 5.75 Å². The number of thiophene rings is 1. The van der Waals surface area contributed by atoms with E-state index in [0.717, 1.165) is 27.6 Å². The number of ether oxygens (including phenoxy) is 1. The van der Waals surface area contributed by atoms with E-state index in [1.54, 1.807) is 24.4 Å². The molecule has 0 fully saturated rings. The first-order chi connectivity index (χ1) is 16.0. The number of imidazole rings is 1. The molecule has 170 valence electrons. The standard InChI is InChI=1S/C24H25N5O3S/c1-16-26-9-11-28(16)15-23(31)29-10-8-19-20(13-25)24(33-21(19)14-29)27-22(30)7-6-17-4-3-5-18(12-17)32-2/h3-5,9,11-12H,6-8,10,14-15H2,1-2H3,(H,27,30). The first-order valence-corrected chi connectivity index (χ1v) is 11.5. The molecule has 0 saturated heterocycles. The fourth-order valence-electron chi connectivity index (χ4n) is 3.91. The Morgan fingerprint density at radius 1 is 1.36 bits per heavy atom. The lowest BCUT2D eigenvalue weighted by Crippen LogP contribution is -2.37. The lowest BCUT2D eigenvalue weighted by molar-refractivity contribution is -0.132. The Kier molecular flexibility index (Phi) is 6.75. The van der Waals surface area contributed by atoms with E-state index in [9.17, 15) is 14.9 Å². The van der Waals surface area contributed by atoms with Crippen molar-refractivity contribution in [3.63, 3.8) is 0 Å². The number of aromatic nitrogens is 2. The van der Waals surface area contributed by atoms with E-state index in [1.165, 1.54) is 11.3 Å². The SMILES string of the molecule is COc1cccc(CCC(=O)Nc2sc3c(c2C#N)CCN(C(=O)Cn2ccnc2C)C3)c1. The molecule has 9 heteroatoms. The van der Waals surface area contributed by atoms with Gasteiger partial charge in [-0.1, -0.05) is 12.1 Å². The van der Waals surface area contributed by atoms with Crippen molar-refractivity contribution in [2.24, 2.45) is 0 Å². The minimum Gasteiger partial charge on any atom is -0.497 e. The highest BCUT2D eigenvalue weighted by Crippen LogP contribution is 2.36. The van der Waals surface area contributed by atoms with Gasteiger partial charge in [0.25, 0.3) is 0 Å². The molecule has 2 amide bonds. The van der Waals surface area contributed by atoms with Gasteiger partial charge in [0.05, 0.1) is 19.2 Å². The minimum absolute atomic E-state index is 0.0116. The zero-order valence-corrected chi connectivity index (χ0v) is 19.4. The summed E-state index contributed by atoms with van der Waals surface area (Å²) in [5.41, 5.74) is 2.47. The van der Waals surface area contributed by atoms with Gasteiger partial charge in [0.1, 0.15) is 29.2 Å². The number of aryl methyl sites for hydroxylation is 2. The van der Waals surface area contributed by atoms with Crippen molar-refractivity contribution in [1.29, 1.82) is 5.26 Å². The molecule has 3 heterocycles. The fourth-order valence-corrected chi connectivity index (χ4v) is 5.14. The number of rotatable bonds is 7. The molecular weight excluding hydrogens is 438 g/mol. The van der Waals surface area contributed by atoms with Crippen molar-refractivity contribution >= 4 is 28.2 Å². The third-order valence-corrected chi connectivity index (χ3v) is 6.91. The number of carbonyl (C=O) groups excluding carboxylic acids is 2. The maximum atomic E-state index is 12.8. The molecule has 0 bridgehead atoms. The van der Waals surface area contributed by atoms with E-state index in [1.807, 2.05) is 35.8 Å². The molecule has 33 heavy (non-hydrogen) atoms. The van der Waals surface area contributed by atoms with E-state index in [4.69, 9.17) is 4.74 Å². The maximum Gasteiger partial charge on any atom is 0.242 e. The Balaban J connectivity index is 1.40. The largest absolute Gasteiger partial charge is 0.497 e. The third-order valence-electron chi connectivity index (χ3n) is 5.78. The Morgan fingerprint density at radius 3 is 2.94 bits per heavy atom. The molecule has 0 unspecified atom stereocenters. The lowest BCUT2D eigenvalue weighted by Gasteiger charge is -2.27. The molecule has 0 saturated carbocycles. The van der Waals surface area contributed by atoms with Crippen molar-refractivity contribution in [2.75, 3.05) is 19.0 Å². The van der Waals surface area contributed by atoms with Crippen LogP contribution in [0.25, 0.3) is 0 Å². The predicted octanol–water partition coefficient (Wildman–Crippen LogP) is 3.29. The van der Waals surface area contributed by atoms with Gasteiger partial charge in [-0.25, -0.2) is 4.98 Å². The zero-order chi connectivity index (χ0) is 23.4. The van der Waals surface area contributed by atoms with E-state index in [2.05, 4.69) is 16.4 Å². The average molecular weight is 464 g/mol. The summed E-state index contributed by atoms with van der Waals surface area (Å²) in [7, 11) is 1.61. The highest BCUT2D eigenvalue weighted by molar-refractivity contribution is 7.16. The van der Waals surface area contributed by atoms with Crippen molar-refractivity contribution in [3.05, 3.63) is 64.1 Å². The van der Waals surface area contributed by atoms with Gasteiger partial charge < -0.3 is 19.5 Å². The average Bonchev–Trinajstić information content (AvgIpc) is 3.39. The first kappa shape index (κ1) is 22.6. The van der Waals surface area contributed by atoms with Crippen molar-refractivity contribution in [2.45, 2.75) is 39.3 Å². The molecule has 3 aromatic rings. The number of fused-ring (bicyclic) bond motifs is 1. The molecule has 0 radical (unpaired) electrons. The number of nitrogens with one attached hydrogen (secondary N) is 1. The Morgan fingerprint density at radius 2 is 2.21 bits per heavy atom. The zero-order valence-electron chi connectivity index (χ0n) is 18.6. The first-order valence-electron chi connectivity index (χ1n) is 10.7. The number of nitriles is 1. The molecule has 0 aliphatic carbocycles. The van der Waals surface area contributed by atoms with Crippen LogP contribution < -0.4 is 10.1 Å². The number of hydrogen-bond donors (Lipinski definition) is 1. The van der Waals surface area contributed by atoms with Crippen LogP contribution in [0, 0.1) is 18.3 Å². The number of anilines is 1. The van der Waals surface area contributed by atoms with Crippen LogP contribution in [0.2, 0.25) is 0 Å². The van der Waals surface area contributed by atoms with E-state index >= 15 is 0 Å². The third kappa shape index (κ3) is 5.07. The smallest absolute Gasteiger partial charge is 0.242 e. The highest BCUT2D eigenvalue weighted by atomic mass is 32.1. The van der Waals surface area contributed by atoms with E-state index < -0.39 is 0 Å². The Bertz CT molecular complexity index is 1220. The molecule has 1 N–H and O–H groups in total. The summed E-state index contributed by atoms with van der Waals surface area (Å²) >= 11 is 1.39. The van der Waals surface area contributed by atoms with Crippen LogP contribution in [0.1, 0.15) is 33.8 Å². The molecule has 1 aliphatic rings. The van der Waals surface area contributed by atoms with Crippen LogP contribution in [-0.2, 0) is 35.5 Å². The van der Waals surface area contributed by atoms with Gasteiger partial charge in [-0.05, 0) is 43.0 Å². The summed E-state index contributed by atoms with van der Waals surface area (Å²) in [6.07, 6.45) is 4.95. The molecule has 2 aromatic heterocycles. The van der Waals surface area contributed by atoms with Crippen LogP contribution in [0.3, 0.4) is 0 Å². The summed E-state index contributed by atoms with van der Waals surface area (Å²) in [5.74, 6) is 1.42. The van der Waals surface area contributed by atoms with Gasteiger partial charge >= 0.3 is 0 Å². The topological polar surface area (TPSA) is 100 Å². The second-order valence-electron chi connectivity index (χ2n) is 7.89. The van der Waals surface area contributed by atoms with Gasteiger partial charge in [-0.15, -0.1) is 11.3 Å². The highest BCUT2D eigenvalue weighted by Gasteiger charge is 2.27. The van der Waals surface area contributed by atoms with E-state index in [-0.39, 0.29) is 18.4 Å². The summed E-state index contributed by atoms with van der Waals surface area (Å²) in [6.45, 7) is 3.10. The Hall–Kier alpha value is -3.64. The van der Waals surface area contributed by atoms with Crippen LogP contribution in [-0.4, -0.2) is 39.9 Å². The predicted molar refractivity (Wildman–Crippen MR) is 125 cm³/mol. The lowest BCUT2D eigenvalue weighted by atomic mass is 10.0. The maximum absolute atomic E-state index is 12.8. The van der Waals surface area contributed by atoms with Crippen LogP contribution in [0.15, 0.2) is 36.7 Å². The monoisotopic (exact) mass is 463 g/mol. The number of carbonyl (C=O) groups is 2. The summed E-state index contributed by atoms with van der Waals surface area (Å²) < 4.78 is 7.05. The quantitative estimate of drug-likeness (QED) is 0.580. The molecule has 1 aromatic carbocycles. The molecule has 1 aliphatic heterocycles. The molecular formula is C24H25N5O3S. The number of hydrogen-bond acceptors (Lipinski definition) is 6. The van der Waals surface area contributed by atoms with Crippen LogP contribution in [0.4, 0.5) is 5.00 Å². The van der Waals surface area contributed by atoms with Crippen molar-refractivity contribution < 1.29 is 14.3 Å². The Labute approximate surface area is 196 Å². The minimum atomic E-state index is -0.142. The number of nitrogens with zero attached hydrogens (tertiary/aromatic N) is 4. The van der Waals surface area contributed by atoms with Gasteiger partial charge in [0.15, 0.2) is 0 Å². The van der Waals surface area contributed by atoms with E-state index in [0.29, 0.717) is 42.9 Å². The fraction of sp³-hybridized carbons (Fsp3) is 0.333. The summed E-state index contributed by atoms with van der Waals surface area (Å²) in [5, 5.41) is 13.2. The second kappa shape index (κ2) is 9.88. The van der Waals surface area contributed by atoms with Crippen molar-refractivity contribution in [1.82, 2.24) is 14.5 Å². The van der Waals surface area contributed by atoms with Gasteiger partial charge in [0.2, 0.25) is 11.8 Å². The van der Waals surface area contributed by atoms with Gasteiger partial charge in [0, 0.05) is 30.2 Å². The molecule has 8 nitrogen and oxygen atoms in total. The van der Waals surface area contributed by atoms with Gasteiger partial charge in [-0.3, -0.25) is 9.59 Å². The normalized spacial score (nSPS) is 12.7. The number of methoxy groups -OCH3 is 1. The number of amides is 2. The second-order valence-corrected chi connectivity index (χ2v) is 8.99.